The molecule has 1 amide bonds. The highest BCUT2D eigenvalue weighted by atomic mass is 32.2. The van der Waals surface area contributed by atoms with Crippen molar-refractivity contribution < 1.29 is 14.3 Å². The van der Waals surface area contributed by atoms with Crippen molar-refractivity contribution >= 4 is 34.7 Å². The van der Waals surface area contributed by atoms with Gasteiger partial charge in [0.2, 0.25) is 5.91 Å². The number of nitrogens with zero attached hydrogens (tertiary/aromatic N) is 3. The third-order valence-corrected chi connectivity index (χ3v) is 6.79. The van der Waals surface area contributed by atoms with Gasteiger partial charge in [0.1, 0.15) is 11.5 Å². The Morgan fingerprint density at radius 3 is 2.68 bits per heavy atom. The second kappa shape index (κ2) is 10.2. The van der Waals surface area contributed by atoms with Gasteiger partial charge in [-0.2, -0.15) is 0 Å². The van der Waals surface area contributed by atoms with Gasteiger partial charge in [0.05, 0.1) is 25.7 Å². The molecule has 0 saturated heterocycles. The highest BCUT2D eigenvalue weighted by Gasteiger charge is 2.21. The third kappa shape index (κ3) is 5.04. The molecule has 0 unspecified atom stereocenters. The van der Waals surface area contributed by atoms with Gasteiger partial charge >= 0.3 is 0 Å². The normalized spacial score (nSPS) is 11.1. The van der Waals surface area contributed by atoms with Crippen LogP contribution in [-0.2, 0) is 11.2 Å². The summed E-state index contributed by atoms with van der Waals surface area (Å²) >= 11 is 3.11. The van der Waals surface area contributed by atoms with Crippen molar-refractivity contribution in [2.45, 2.75) is 45.3 Å². The van der Waals surface area contributed by atoms with Crippen LogP contribution in [0.5, 0.6) is 11.5 Å². The fourth-order valence-corrected chi connectivity index (χ4v) is 5.16. The van der Waals surface area contributed by atoms with Crippen LogP contribution in [0.4, 0.5) is 5.69 Å². The maximum Gasteiger partial charge on any atom is 0.234 e. The van der Waals surface area contributed by atoms with Crippen molar-refractivity contribution in [3.63, 3.8) is 0 Å². The Kier molecular flexibility index (Phi) is 7.61. The number of aryl methyl sites for hydroxylation is 1. The Labute approximate surface area is 191 Å². The van der Waals surface area contributed by atoms with Gasteiger partial charge in [-0.15, -0.1) is 21.5 Å². The van der Waals surface area contributed by atoms with E-state index in [2.05, 4.69) is 53.2 Å². The SMILES string of the molecule is CCc1c(-c2nnc(SCC(=O)Nc3ccc(OC)cc3OC)n2C(C)C)csc1C. The van der Waals surface area contributed by atoms with Crippen LogP contribution in [0, 0.1) is 6.92 Å². The van der Waals surface area contributed by atoms with Crippen molar-refractivity contribution in [3.05, 3.63) is 34.0 Å². The van der Waals surface area contributed by atoms with Gasteiger partial charge in [-0.3, -0.25) is 9.36 Å². The second-order valence-electron chi connectivity index (χ2n) is 7.21. The quantitative estimate of drug-likeness (QED) is 0.442. The molecule has 3 rings (SSSR count). The zero-order chi connectivity index (χ0) is 22.5. The summed E-state index contributed by atoms with van der Waals surface area (Å²) in [4.78, 5) is 13.9. The van der Waals surface area contributed by atoms with Gasteiger partial charge in [0.15, 0.2) is 11.0 Å². The predicted molar refractivity (Wildman–Crippen MR) is 127 cm³/mol. The van der Waals surface area contributed by atoms with Crippen LogP contribution in [-0.4, -0.2) is 40.6 Å². The van der Waals surface area contributed by atoms with Gasteiger partial charge < -0.3 is 14.8 Å². The summed E-state index contributed by atoms with van der Waals surface area (Å²) in [5.74, 6) is 2.13. The van der Waals surface area contributed by atoms with Crippen LogP contribution in [0.25, 0.3) is 11.4 Å². The van der Waals surface area contributed by atoms with E-state index in [9.17, 15) is 4.79 Å². The minimum absolute atomic E-state index is 0.144. The van der Waals surface area contributed by atoms with E-state index in [1.165, 1.54) is 22.2 Å². The van der Waals surface area contributed by atoms with E-state index in [1.54, 1.807) is 43.8 Å². The highest BCUT2D eigenvalue weighted by molar-refractivity contribution is 7.99. The minimum atomic E-state index is -0.144. The van der Waals surface area contributed by atoms with E-state index in [1.807, 2.05) is 0 Å². The smallest absolute Gasteiger partial charge is 0.234 e. The number of thiophene rings is 1. The summed E-state index contributed by atoms with van der Waals surface area (Å²) in [6.07, 6.45) is 0.949. The average Bonchev–Trinajstić information content (AvgIpc) is 3.35. The Balaban J connectivity index is 1.76. The largest absolute Gasteiger partial charge is 0.497 e. The van der Waals surface area contributed by atoms with Crippen molar-refractivity contribution in [3.8, 4) is 22.9 Å². The Morgan fingerprint density at radius 2 is 2.03 bits per heavy atom. The van der Waals surface area contributed by atoms with Gasteiger partial charge in [-0.1, -0.05) is 18.7 Å². The lowest BCUT2D eigenvalue weighted by atomic mass is 10.1. The van der Waals surface area contributed by atoms with Crippen LogP contribution in [0.15, 0.2) is 28.7 Å². The molecule has 3 aromatic rings. The third-order valence-electron chi connectivity index (χ3n) is 4.89. The highest BCUT2D eigenvalue weighted by Crippen LogP contribution is 2.34. The second-order valence-corrected chi connectivity index (χ2v) is 9.24. The molecule has 31 heavy (non-hydrogen) atoms. The molecule has 0 aliphatic heterocycles. The molecule has 0 aliphatic rings. The molecule has 0 spiro atoms. The number of aromatic nitrogens is 3. The van der Waals surface area contributed by atoms with Crippen molar-refractivity contribution in [2.24, 2.45) is 0 Å². The molecule has 2 heterocycles. The first kappa shape index (κ1) is 23.1. The first-order valence-corrected chi connectivity index (χ1v) is 11.9. The van der Waals surface area contributed by atoms with Crippen molar-refractivity contribution in [1.29, 1.82) is 0 Å². The number of anilines is 1. The van der Waals surface area contributed by atoms with E-state index in [0.717, 1.165) is 23.0 Å². The molecular weight excluding hydrogens is 432 g/mol. The number of rotatable bonds is 9. The number of carbonyl (C=O) groups excluding carboxylic acids is 1. The summed E-state index contributed by atoms with van der Waals surface area (Å²) < 4.78 is 12.7. The fraction of sp³-hybridized carbons (Fsp3) is 0.409. The molecule has 0 saturated carbocycles. The maximum absolute atomic E-state index is 12.6. The Bertz CT molecular complexity index is 1060. The molecule has 0 radical (unpaired) electrons. The van der Waals surface area contributed by atoms with Gasteiger partial charge in [-0.25, -0.2) is 0 Å². The van der Waals surface area contributed by atoms with E-state index < -0.39 is 0 Å². The molecule has 0 atom stereocenters. The molecule has 1 aromatic carbocycles. The zero-order valence-electron chi connectivity index (χ0n) is 18.7. The first-order chi connectivity index (χ1) is 14.9. The standard InChI is InChI=1S/C22H28N4O3S2/c1-7-16-14(4)30-11-17(16)21-24-25-22(26(21)13(2)3)31-12-20(27)23-18-9-8-15(28-5)10-19(18)29-6/h8-11,13H,7,12H2,1-6H3,(H,23,27). The number of methoxy groups -OCH3 is 2. The molecular formula is C22H28N4O3S2. The number of carbonyl (C=O) groups is 1. The van der Waals surface area contributed by atoms with Crippen LogP contribution < -0.4 is 14.8 Å². The number of hydrogen-bond donors (Lipinski definition) is 1. The average molecular weight is 461 g/mol. The van der Waals surface area contributed by atoms with Crippen molar-refractivity contribution in [1.82, 2.24) is 14.8 Å². The van der Waals surface area contributed by atoms with Crippen LogP contribution in [0.2, 0.25) is 0 Å². The topological polar surface area (TPSA) is 78.3 Å². The number of thioether (sulfide) groups is 1. The molecule has 9 heteroatoms. The van der Waals surface area contributed by atoms with E-state index in [4.69, 9.17) is 9.47 Å². The lowest BCUT2D eigenvalue weighted by Crippen LogP contribution is -2.15. The molecule has 7 nitrogen and oxygen atoms in total. The summed E-state index contributed by atoms with van der Waals surface area (Å²) in [7, 11) is 3.15. The van der Waals surface area contributed by atoms with Gasteiger partial charge in [0, 0.05) is 27.9 Å². The van der Waals surface area contributed by atoms with E-state index in [0.29, 0.717) is 17.2 Å². The molecule has 0 bridgehead atoms. The minimum Gasteiger partial charge on any atom is -0.497 e. The maximum atomic E-state index is 12.6. The number of ether oxygens (including phenoxy) is 2. The molecule has 0 fully saturated rings. The summed E-state index contributed by atoms with van der Waals surface area (Å²) in [5, 5.41) is 14.6. The summed E-state index contributed by atoms with van der Waals surface area (Å²) in [6.45, 7) is 8.49. The van der Waals surface area contributed by atoms with Crippen molar-refractivity contribution in [2.75, 3.05) is 25.3 Å². The Morgan fingerprint density at radius 1 is 1.26 bits per heavy atom. The molecule has 1 N–H and O–H groups in total. The summed E-state index contributed by atoms with van der Waals surface area (Å²) in [5.41, 5.74) is 3.03. The van der Waals surface area contributed by atoms with Crippen LogP contribution in [0.3, 0.4) is 0 Å². The monoisotopic (exact) mass is 460 g/mol. The van der Waals surface area contributed by atoms with Gasteiger partial charge in [-0.05, 0) is 44.9 Å². The van der Waals surface area contributed by atoms with E-state index in [-0.39, 0.29) is 17.7 Å². The number of benzene rings is 1. The van der Waals surface area contributed by atoms with Crippen LogP contribution >= 0.6 is 23.1 Å². The summed E-state index contributed by atoms with van der Waals surface area (Å²) in [6, 6.07) is 5.45. The van der Waals surface area contributed by atoms with E-state index >= 15 is 0 Å². The fourth-order valence-electron chi connectivity index (χ4n) is 3.35. The van der Waals surface area contributed by atoms with Crippen LogP contribution in [0.1, 0.15) is 37.3 Å². The molecule has 2 aromatic heterocycles. The lowest BCUT2D eigenvalue weighted by molar-refractivity contribution is -0.113. The number of amides is 1. The Hall–Kier alpha value is -2.52. The molecule has 0 aliphatic carbocycles. The predicted octanol–water partition coefficient (Wildman–Crippen LogP) is 5.21. The zero-order valence-corrected chi connectivity index (χ0v) is 20.3. The van der Waals surface area contributed by atoms with Gasteiger partial charge in [0.25, 0.3) is 0 Å². The lowest BCUT2D eigenvalue weighted by Gasteiger charge is -2.14. The number of hydrogen-bond acceptors (Lipinski definition) is 7. The molecule has 166 valence electrons. The number of nitrogens with one attached hydrogen (secondary N) is 1. The first-order valence-electron chi connectivity index (χ1n) is 10.1.